The van der Waals surface area contributed by atoms with Gasteiger partial charge in [0.05, 0.1) is 5.54 Å². The van der Waals surface area contributed by atoms with Crippen LogP contribution >= 0.6 is 0 Å². The number of rotatable bonds is 3. The van der Waals surface area contributed by atoms with E-state index in [-0.39, 0.29) is 5.56 Å². The van der Waals surface area contributed by atoms with E-state index in [0.29, 0.717) is 19.3 Å². The molecule has 1 saturated carbocycles. The molecule has 0 heterocycles. The predicted octanol–water partition coefficient (Wildman–Crippen LogP) is 2.87. The van der Waals surface area contributed by atoms with Crippen molar-refractivity contribution in [3.05, 3.63) is 35.4 Å². The number of nitrogens with one attached hydrogen (secondary N) is 1. The molecule has 1 amide bonds. The first-order valence-electron chi connectivity index (χ1n) is 5.85. The number of hydrogen-bond donors (Lipinski definition) is 1. The molecule has 2 rings (SSSR count). The van der Waals surface area contributed by atoms with Crippen LogP contribution in [0.2, 0.25) is 0 Å². The summed E-state index contributed by atoms with van der Waals surface area (Å²) in [4.78, 5) is 10.7. The maximum absolute atomic E-state index is 13.8. The minimum atomic E-state index is -0.866. The number of carbonyl (C=O) groups is 1. The van der Waals surface area contributed by atoms with Crippen LogP contribution in [0.4, 0.5) is 8.78 Å². The Kier molecular flexibility index (Phi) is 3.41. The Morgan fingerprint density at radius 2 is 1.71 bits per heavy atom. The summed E-state index contributed by atoms with van der Waals surface area (Å²) in [7, 11) is 0. The van der Waals surface area contributed by atoms with Crippen molar-refractivity contribution < 1.29 is 13.6 Å². The zero-order valence-electron chi connectivity index (χ0n) is 9.51. The van der Waals surface area contributed by atoms with Crippen molar-refractivity contribution in [3.63, 3.8) is 0 Å². The van der Waals surface area contributed by atoms with E-state index in [1.165, 1.54) is 18.2 Å². The third-order valence-electron chi connectivity index (χ3n) is 3.48. The number of halogens is 2. The highest BCUT2D eigenvalue weighted by molar-refractivity contribution is 5.50. The lowest BCUT2D eigenvalue weighted by atomic mass is 9.76. The molecule has 0 saturated heterocycles. The van der Waals surface area contributed by atoms with Gasteiger partial charge < -0.3 is 5.32 Å². The van der Waals surface area contributed by atoms with Gasteiger partial charge in [0, 0.05) is 5.56 Å². The number of benzene rings is 1. The Balaban J connectivity index is 2.48. The SMILES string of the molecule is O=CNC1(c2c(F)cccc2F)CCCCC1. The van der Waals surface area contributed by atoms with Crippen molar-refractivity contribution >= 4 is 6.41 Å². The summed E-state index contributed by atoms with van der Waals surface area (Å²) in [5.41, 5.74) is -0.859. The second kappa shape index (κ2) is 4.82. The maximum Gasteiger partial charge on any atom is 0.207 e. The van der Waals surface area contributed by atoms with Crippen LogP contribution in [0.25, 0.3) is 0 Å². The van der Waals surface area contributed by atoms with Gasteiger partial charge in [0.1, 0.15) is 11.6 Å². The van der Waals surface area contributed by atoms with Gasteiger partial charge in [-0.3, -0.25) is 4.79 Å². The Bertz CT molecular complexity index is 394. The van der Waals surface area contributed by atoms with E-state index in [1.807, 2.05) is 0 Å². The van der Waals surface area contributed by atoms with Crippen LogP contribution in [0.3, 0.4) is 0 Å². The fourth-order valence-corrected chi connectivity index (χ4v) is 2.69. The van der Waals surface area contributed by atoms with Crippen LogP contribution in [-0.4, -0.2) is 6.41 Å². The summed E-state index contributed by atoms with van der Waals surface area (Å²) in [6, 6.07) is 3.81. The summed E-state index contributed by atoms with van der Waals surface area (Å²) < 4.78 is 27.6. The molecule has 0 aromatic heterocycles. The molecule has 1 aliphatic carbocycles. The molecular weight excluding hydrogens is 224 g/mol. The van der Waals surface area contributed by atoms with Crippen molar-refractivity contribution in [3.8, 4) is 0 Å². The molecule has 0 aliphatic heterocycles. The Labute approximate surface area is 99.0 Å². The largest absolute Gasteiger partial charge is 0.349 e. The van der Waals surface area contributed by atoms with Gasteiger partial charge in [-0.1, -0.05) is 25.3 Å². The van der Waals surface area contributed by atoms with Gasteiger partial charge in [0.25, 0.3) is 0 Å². The van der Waals surface area contributed by atoms with Gasteiger partial charge in [-0.05, 0) is 25.0 Å². The third-order valence-corrected chi connectivity index (χ3v) is 3.48. The molecule has 1 aromatic rings. The first-order chi connectivity index (χ1) is 8.19. The zero-order chi connectivity index (χ0) is 12.3. The van der Waals surface area contributed by atoms with E-state index in [2.05, 4.69) is 5.32 Å². The smallest absolute Gasteiger partial charge is 0.207 e. The molecule has 1 fully saturated rings. The van der Waals surface area contributed by atoms with Gasteiger partial charge in [0.15, 0.2) is 0 Å². The molecular formula is C13H15F2NO. The van der Waals surface area contributed by atoms with Gasteiger partial charge in [0.2, 0.25) is 6.41 Å². The average molecular weight is 239 g/mol. The molecule has 0 radical (unpaired) electrons. The third kappa shape index (κ3) is 2.16. The Morgan fingerprint density at radius 1 is 1.12 bits per heavy atom. The van der Waals surface area contributed by atoms with E-state index in [4.69, 9.17) is 0 Å². The zero-order valence-corrected chi connectivity index (χ0v) is 9.51. The highest BCUT2D eigenvalue weighted by Crippen LogP contribution is 2.39. The van der Waals surface area contributed by atoms with E-state index < -0.39 is 17.2 Å². The van der Waals surface area contributed by atoms with Gasteiger partial charge in [-0.2, -0.15) is 0 Å². The van der Waals surface area contributed by atoms with Gasteiger partial charge in [-0.25, -0.2) is 8.78 Å². The fraction of sp³-hybridized carbons (Fsp3) is 0.462. The van der Waals surface area contributed by atoms with Crippen LogP contribution < -0.4 is 5.32 Å². The van der Waals surface area contributed by atoms with E-state index >= 15 is 0 Å². The summed E-state index contributed by atoms with van der Waals surface area (Å²) >= 11 is 0. The van der Waals surface area contributed by atoms with Crippen LogP contribution in [0.15, 0.2) is 18.2 Å². The molecule has 1 aliphatic rings. The molecule has 1 N–H and O–H groups in total. The molecule has 0 unspecified atom stereocenters. The number of amides is 1. The number of hydrogen-bond acceptors (Lipinski definition) is 1. The first kappa shape index (κ1) is 12.0. The molecule has 17 heavy (non-hydrogen) atoms. The van der Waals surface area contributed by atoms with Crippen LogP contribution in [0.1, 0.15) is 37.7 Å². The molecule has 0 atom stereocenters. The second-order valence-corrected chi connectivity index (χ2v) is 4.50. The standard InChI is InChI=1S/C13H15F2NO/c14-10-5-4-6-11(15)12(10)13(16-9-17)7-2-1-3-8-13/h4-6,9H,1-3,7-8H2,(H,16,17). The fourth-order valence-electron chi connectivity index (χ4n) is 2.69. The predicted molar refractivity (Wildman–Crippen MR) is 60.3 cm³/mol. The van der Waals surface area contributed by atoms with E-state index in [9.17, 15) is 13.6 Å². The first-order valence-corrected chi connectivity index (χ1v) is 5.85. The van der Waals surface area contributed by atoms with Crippen molar-refractivity contribution in [2.45, 2.75) is 37.6 Å². The quantitative estimate of drug-likeness (QED) is 0.807. The Hall–Kier alpha value is -1.45. The van der Waals surface area contributed by atoms with E-state index in [1.54, 1.807) is 0 Å². The van der Waals surface area contributed by atoms with Gasteiger partial charge >= 0.3 is 0 Å². The molecule has 1 aromatic carbocycles. The highest BCUT2D eigenvalue weighted by atomic mass is 19.1. The Morgan fingerprint density at radius 3 is 2.24 bits per heavy atom. The second-order valence-electron chi connectivity index (χ2n) is 4.50. The molecule has 0 bridgehead atoms. The van der Waals surface area contributed by atoms with Crippen molar-refractivity contribution in [2.24, 2.45) is 0 Å². The summed E-state index contributed by atoms with van der Waals surface area (Å²) in [5.74, 6) is -1.16. The molecule has 0 spiro atoms. The lowest BCUT2D eigenvalue weighted by Crippen LogP contribution is -2.44. The monoisotopic (exact) mass is 239 g/mol. The molecule has 92 valence electrons. The topological polar surface area (TPSA) is 29.1 Å². The van der Waals surface area contributed by atoms with Crippen LogP contribution in [0, 0.1) is 11.6 Å². The minimum absolute atomic E-state index is 0.00630. The average Bonchev–Trinajstić information content (AvgIpc) is 2.30. The minimum Gasteiger partial charge on any atom is -0.349 e. The van der Waals surface area contributed by atoms with Crippen LogP contribution in [0.5, 0.6) is 0 Å². The van der Waals surface area contributed by atoms with Crippen molar-refractivity contribution in [2.75, 3.05) is 0 Å². The summed E-state index contributed by atoms with van der Waals surface area (Å²) in [5, 5.41) is 2.64. The highest BCUT2D eigenvalue weighted by Gasteiger charge is 2.37. The lowest BCUT2D eigenvalue weighted by Gasteiger charge is -2.37. The molecule has 4 heteroatoms. The van der Waals surface area contributed by atoms with Gasteiger partial charge in [-0.15, -0.1) is 0 Å². The summed E-state index contributed by atoms with van der Waals surface area (Å²) in [6.07, 6.45) is 4.49. The lowest BCUT2D eigenvalue weighted by molar-refractivity contribution is -0.111. The van der Waals surface area contributed by atoms with E-state index in [0.717, 1.165) is 19.3 Å². The maximum atomic E-state index is 13.8. The number of carbonyl (C=O) groups excluding carboxylic acids is 1. The van der Waals surface area contributed by atoms with Crippen molar-refractivity contribution in [1.82, 2.24) is 5.32 Å². The molecule has 2 nitrogen and oxygen atoms in total. The van der Waals surface area contributed by atoms with Crippen LogP contribution in [-0.2, 0) is 10.3 Å². The summed E-state index contributed by atoms with van der Waals surface area (Å²) in [6.45, 7) is 0. The normalized spacial score (nSPS) is 18.7. The van der Waals surface area contributed by atoms with Crippen molar-refractivity contribution in [1.29, 1.82) is 0 Å².